The Balaban J connectivity index is 3.28. The van der Waals surface area contributed by atoms with Crippen LogP contribution in [0.4, 0.5) is 13.2 Å². The molecule has 0 bridgehead atoms. The second kappa shape index (κ2) is 2.54. The van der Waals surface area contributed by atoms with Crippen molar-refractivity contribution in [3.8, 4) is 0 Å². The third-order valence-corrected chi connectivity index (χ3v) is 1.39. The molecule has 0 saturated carbocycles. The average Bonchev–Trinajstić information content (AvgIpc) is 1.84. The van der Waals surface area contributed by atoms with E-state index in [1.54, 1.807) is 0 Å². The Morgan fingerprint density at radius 2 is 1.40 bits per heavy atom. The second-order valence-electron chi connectivity index (χ2n) is 1.75. The molecule has 0 nitrogen and oxygen atoms in total. The minimum absolute atomic E-state index is 0.0844. The van der Waals surface area contributed by atoms with Gasteiger partial charge in [0.15, 0.2) is 22.3 Å². The Morgan fingerprint density at radius 3 is 1.90 bits per heavy atom. The molecule has 0 heterocycles. The summed E-state index contributed by atoms with van der Waals surface area (Å²) in [4.78, 5) is -0.0844. The maximum Gasteiger partial charge on any atom is 0.189 e. The van der Waals surface area contributed by atoms with E-state index in [1.807, 2.05) is 0 Å². The zero-order valence-electron chi connectivity index (χ0n) is 4.79. The van der Waals surface area contributed by atoms with E-state index in [2.05, 4.69) is 12.6 Å². The summed E-state index contributed by atoms with van der Waals surface area (Å²) in [7, 11) is 0. The molecular formula is C6H4F3S+. The van der Waals surface area contributed by atoms with Crippen molar-refractivity contribution >= 4 is 12.6 Å². The predicted octanol–water partition coefficient (Wildman–Crippen LogP) is 1.47. The van der Waals surface area contributed by atoms with Crippen molar-refractivity contribution in [1.29, 1.82) is 0 Å². The molecule has 0 amide bonds. The molecule has 0 spiro atoms. The molecule has 0 fully saturated rings. The van der Waals surface area contributed by atoms with Gasteiger partial charge in [-0.2, -0.15) is 0 Å². The van der Waals surface area contributed by atoms with Crippen LogP contribution >= 0.6 is 0 Å². The van der Waals surface area contributed by atoms with Gasteiger partial charge in [0, 0.05) is 12.1 Å². The summed E-state index contributed by atoms with van der Waals surface area (Å²) in [6.07, 6.45) is 0. The molecule has 0 atom stereocenters. The Kier molecular flexibility index (Phi) is 1.89. The molecule has 54 valence electrons. The summed E-state index contributed by atoms with van der Waals surface area (Å²) in [6, 6.07) is 1.22. The predicted molar refractivity (Wildman–Crippen MR) is 34.7 cm³/mol. The Hall–Kier alpha value is -0.640. The molecule has 0 aliphatic rings. The highest BCUT2D eigenvalue weighted by atomic mass is 32.1. The van der Waals surface area contributed by atoms with E-state index in [-0.39, 0.29) is 4.90 Å². The molecule has 0 N–H and O–H groups in total. The summed E-state index contributed by atoms with van der Waals surface area (Å²) in [5, 5.41) is 0. The van der Waals surface area contributed by atoms with E-state index in [0.29, 0.717) is 6.07 Å². The molecule has 1 aromatic carbocycles. The SMILES string of the molecule is Fc1cc(F)c([SH2+])cc1F. The first kappa shape index (κ1) is 7.47. The van der Waals surface area contributed by atoms with Crippen LogP contribution in [-0.4, -0.2) is 0 Å². The molecular weight excluding hydrogens is 161 g/mol. The molecule has 0 aliphatic heterocycles. The molecule has 10 heavy (non-hydrogen) atoms. The average molecular weight is 165 g/mol. The fourth-order valence-electron chi connectivity index (χ4n) is 0.523. The summed E-state index contributed by atoms with van der Waals surface area (Å²) in [5.41, 5.74) is 0. The Labute approximate surface area is 61.1 Å². The third kappa shape index (κ3) is 1.26. The first-order chi connectivity index (χ1) is 4.61. The number of rotatable bonds is 0. The lowest BCUT2D eigenvalue weighted by Crippen LogP contribution is -1.88. The van der Waals surface area contributed by atoms with Crippen LogP contribution in [0.25, 0.3) is 0 Å². The van der Waals surface area contributed by atoms with Crippen LogP contribution in [-0.2, 0) is 12.6 Å². The largest absolute Gasteiger partial charge is 0.204 e. The molecule has 1 aromatic rings. The van der Waals surface area contributed by atoms with Crippen LogP contribution in [0.1, 0.15) is 0 Å². The summed E-state index contributed by atoms with van der Waals surface area (Å²) < 4.78 is 36.6. The van der Waals surface area contributed by atoms with Crippen LogP contribution in [0.5, 0.6) is 0 Å². The van der Waals surface area contributed by atoms with Crippen LogP contribution in [0.15, 0.2) is 17.0 Å². The quantitative estimate of drug-likeness (QED) is 0.403. The van der Waals surface area contributed by atoms with Gasteiger partial charge in [0.2, 0.25) is 0 Å². The molecule has 0 radical (unpaired) electrons. The van der Waals surface area contributed by atoms with Gasteiger partial charge in [-0.05, 0) is 12.6 Å². The van der Waals surface area contributed by atoms with E-state index in [1.165, 1.54) is 0 Å². The van der Waals surface area contributed by atoms with E-state index in [9.17, 15) is 13.2 Å². The smallest absolute Gasteiger partial charge is 0.189 e. The van der Waals surface area contributed by atoms with Crippen LogP contribution < -0.4 is 0 Å². The minimum Gasteiger partial charge on any atom is -0.204 e. The lowest BCUT2D eigenvalue weighted by atomic mass is 10.3. The standard InChI is InChI=1S/C6H3F3S/c7-3-1-5(9)6(10)2-4(3)8/h1-2,10H/p+1. The number of hydrogen-bond acceptors (Lipinski definition) is 0. The lowest BCUT2D eigenvalue weighted by molar-refractivity contribution is 0.486. The van der Waals surface area contributed by atoms with E-state index >= 15 is 0 Å². The number of hydrogen-bond donors (Lipinski definition) is 0. The normalized spacial score (nSPS) is 10.0. The van der Waals surface area contributed by atoms with E-state index in [4.69, 9.17) is 0 Å². The molecule has 4 heteroatoms. The van der Waals surface area contributed by atoms with Crippen molar-refractivity contribution in [3.05, 3.63) is 29.6 Å². The molecule has 1 rings (SSSR count). The summed E-state index contributed by atoms with van der Waals surface area (Å²) >= 11 is 2.75. The minimum atomic E-state index is -1.18. The maximum absolute atomic E-state index is 12.3. The molecule has 0 aromatic heterocycles. The topological polar surface area (TPSA) is 0 Å². The fourth-order valence-corrected chi connectivity index (χ4v) is 0.721. The zero-order chi connectivity index (χ0) is 7.72. The van der Waals surface area contributed by atoms with Crippen molar-refractivity contribution in [2.75, 3.05) is 0 Å². The van der Waals surface area contributed by atoms with Gasteiger partial charge in [-0.15, -0.1) is 0 Å². The van der Waals surface area contributed by atoms with E-state index in [0.717, 1.165) is 6.07 Å². The summed E-state index contributed by atoms with van der Waals surface area (Å²) in [5.74, 6) is -3.05. The van der Waals surface area contributed by atoms with Crippen LogP contribution in [0.3, 0.4) is 0 Å². The first-order valence-corrected chi connectivity index (χ1v) is 2.97. The van der Waals surface area contributed by atoms with Crippen molar-refractivity contribution in [1.82, 2.24) is 0 Å². The Bertz CT molecular complexity index is 209. The summed E-state index contributed by atoms with van der Waals surface area (Å²) in [6.45, 7) is 0. The van der Waals surface area contributed by atoms with Gasteiger partial charge in [0.25, 0.3) is 0 Å². The van der Waals surface area contributed by atoms with Crippen molar-refractivity contribution in [3.63, 3.8) is 0 Å². The van der Waals surface area contributed by atoms with Gasteiger partial charge in [0.1, 0.15) is 0 Å². The van der Waals surface area contributed by atoms with Gasteiger partial charge in [-0.25, -0.2) is 13.2 Å². The third-order valence-electron chi connectivity index (χ3n) is 1.01. The van der Waals surface area contributed by atoms with Gasteiger partial charge in [-0.3, -0.25) is 0 Å². The van der Waals surface area contributed by atoms with Gasteiger partial charge in [-0.1, -0.05) is 0 Å². The fraction of sp³-hybridized carbons (Fsp3) is 0. The highest BCUT2D eigenvalue weighted by Gasteiger charge is 2.09. The zero-order valence-corrected chi connectivity index (χ0v) is 5.79. The van der Waals surface area contributed by atoms with Gasteiger partial charge in [0.05, 0.1) is 0 Å². The van der Waals surface area contributed by atoms with Crippen LogP contribution in [0.2, 0.25) is 0 Å². The van der Waals surface area contributed by atoms with Gasteiger partial charge < -0.3 is 0 Å². The number of halogens is 3. The first-order valence-electron chi connectivity index (χ1n) is 2.47. The van der Waals surface area contributed by atoms with Crippen LogP contribution in [0, 0.1) is 17.5 Å². The van der Waals surface area contributed by atoms with Gasteiger partial charge >= 0.3 is 0 Å². The van der Waals surface area contributed by atoms with Crippen molar-refractivity contribution < 1.29 is 13.2 Å². The van der Waals surface area contributed by atoms with E-state index < -0.39 is 17.5 Å². The molecule has 0 saturated heterocycles. The highest BCUT2D eigenvalue weighted by molar-refractivity contribution is 7.58. The maximum atomic E-state index is 12.3. The molecule has 0 unspecified atom stereocenters. The Morgan fingerprint density at radius 1 is 0.900 bits per heavy atom. The molecule has 0 aliphatic carbocycles. The number of benzene rings is 1. The van der Waals surface area contributed by atoms with Crippen molar-refractivity contribution in [2.45, 2.75) is 4.90 Å². The van der Waals surface area contributed by atoms with Crippen molar-refractivity contribution in [2.24, 2.45) is 0 Å². The monoisotopic (exact) mass is 165 g/mol. The second-order valence-corrected chi connectivity index (χ2v) is 2.28. The highest BCUT2D eigenvalue weighted by Crippen LogP contribution is 2.12. The lowest BCUT2D eigenvalue weighted by Gasteiger charge is -1.90.